The van der Waals surface area contributed by atoms with E-state index in [2.05, 4.69) is 15.3 Å². The predicted octanol–water partition coefficient (Wildman–Crippen LogP) is 3.99. The lowest BCUT2D eigenvalue weighted by molar-refractivity contribution is 0.102. The monoisotopic (exact) mass is 339 g/mol. The molecule has 0 aliphatic rings. The minimum atomic E-state index is -0.146. The van der Waals surface area contributed by atoms with Crippen LogP contribution in [0, 0.1) is 13.8 Å². The Morgan fingerprint density at radius 3 is 2.79 bits per heavy atom. The van der Waals surface area contributed by atoms with E-state index in [9.17, 15) is 4.79 Å². The molecule has 2 aromatic heterocycles. The fourth-order valence-electron chi connectivity index (χ4n) is 2.19. The van der Waals surface area contributed by atoms with E-state index in [-0.39, 0.29) is 5.91 Å². The Labute approximate surface area is 144 Å². The first-order chi connectivity index (χ1) is 11.6. The third-order valence-corrected chi connectivity index (χ3v) is 4.57. The van der Waals surface area contributed by atoms with Crippen LogP contribution in [0.25, 0.3) is 0 Å². The van der Waals surface area contributed by atoms with Gasteiger partial charge in [-0.3, -0.25) is 9.78 Å². The third kappa shape index (κ3) is 3.78. The Bertz CT molecular complexity index is 846. The highest BCUT2D eigenvalue weighted by Gasteiger charge is 2.16. The van der Waals surface area contributed by atoms with E-state index in [1.807, 2.05) is 50.2 Å². The highest BCUT2D eigenvalue weighted by atomic mass is 32.1. The number of nitrogens with one attached hydrogen (secondary N) is 1. The van der Waals surface area contributed by atoms with Gasteiger partial charge in [0, 0.05) is 11.9 Å². The van der Waals surface area contributed by atoms with Crippen LogP contribution in [0.5, 0.6) is 5.75 Å². The number of hydrogen-bond acceptors (Lipinski definition) is 5. The van der Waals surface area contributed by atoms with Crippen LogP contribution >= 0.6 is 11.3 Å². The van der Waals surface area contributed by atoms with Gasteiger partial charge < -0.3 is 10.1 Å². The number of carbonyl (C=O) groups is 1. The SMILES string of the molecule is Cc1ccccc1NC(=O)c1sc(COc2cccnc2)nc1C. The molecule has 0 atom stereocenters. The Kier molecular flexibility index (Phi) is 4.86. The maximum Gasteiger partial charge on any atom is 0.267 e. The van der Waals surface area contributed by atoms with Gasteiger partial charge in [0.2, 0.25) is 0 Å². The average molecular weight is 339 g/mol. The molecular formula is C18H17N3O2S. The van der Waals surface area contributed by atoms with Crippen LogP contribution in [-0.4, -0.2) is 15.9 Å². The highest BCUT2D eigenvalue weighted by Crippen LogP contribution is 2.22. The summed E-state index contributed by atoms with van der Waals surface area (Å²) in [6, 6.07) is 11.3. The first kappa shape index (κ1) is 16.1. The molecule has 1 amide bonds. The van der Waals surface area contributed by atoms with Crippen molar-refractivity contribution in [2.45, 2.75) is 20.5 Å². The van der Waals surface area contributed by atoms with Crippen LogP contribution in [0.4, 0.5) is 5.69 Å². The van der Waals surface area contributed by atoms with Gasteiger partial charge in [-0.2, -0.15) is 0 Å². The van der Waals surface area contributed by atoms with Crippen molar-refractivity contribution in [3.63, 3.8) is 0 Å². The zero-order chi connectivity index (χ0) is 16.9. The number of amides is 1. The second-order valence-electron chi connectivity index (χ2n) is 5.27. The molecule has 5 nitrogen and oxygen atoms in total. The number of thiazole rings is 1. The number of nitrogens with zero attached hydrogens (tertiary/aromatic N) is 2. The van der Waals surface area contributed by atoms with Crippen molar-refractivity contribution in [1.29, 1.82) is 0 Å². The molecular weight excluding hydrogens is 322 g/mol. The highest BCUT2D eigenvalue weighted by molar-refractivity contribution is 7.13. The molecule has 0 fully saturated rings. The average Bonchev–Trinajstić information content (AvgIpc) is 2.97. The number of aryl methyl sites for hydroxylation is 2. The van der Waals surface area contributed by atoms with E-state index in [1.165, 1.54) is 11.3 Å². The maximum atomic E-state index is 12.5. The number of anilines is 1. The Morgan fingerprint density at radius 2 is 2.04 bits per heavy atom. The number of hydrogen-bond donors (Lipinski definition) is 1. The fraction of sp³-hybridized carbons (Fsp3) is 0.167. The number of aromatic nitrogens is 2. The van der Waals surface area contributed by atoms with Crippen LogP contribution < -0.4 is 10.1 Å². The first-order valence-corrected chi connectivity index (χ1v) is 8.31. The lowest BCUT2D eigenvalue weighted by Gasteiger charge is -2.06. The number of carbonyl (C=O) groups excluding carboxylic acids is 1. The summed E-state index contributed by atoms with van der Waals surface area (Å²) in [6.45, 7) is 4.11. The van der Waals surface area contributed by atoms with Crippen molar-refractivity contribution in [1.82, 2.24) is 9.97 Å². The molecule has 0 unspecified atom stereocenters. The third-order valence-electron chi connectivity index (χ3n) is 3.44. The summed E-state index contributed by atoms with van der Waals surface area (Å²) in [5.41, 5.74) is 2.53. The van der Waals surface area contributed by atoms with E-state index < -0.39 is 0 Å². The molecule has 0 spiro atoms. The van der Waals surface area contributed by atoms with Crippen molar-refractivity contribution < 1.29 is 9.53 Å². The number of para-hydroxylation sites is 1. The summed E-state index contributed by atoms with van der Waals surface area (Å²) in [4.78, 5) is 21.5. The van der Waals surface area contributed by atoms with Gasteiger partial charge in [-0.15, -0.1) is 11.3 Å². The van der Waals surface area contributed by atoms with Crippen LogP contribution in [0.2, 0.25) is 0 Å². The summed E-state index contributed by atoms with van der Waals surface area (Å²) in [6.07, 6.45) is 3.33. The lowest BCUT2D eigenvalue weighted by Crippen LogP contribution is -2.12. The zero-order valence-electron chi connectivity index (χ0n) is 13.4. The second kappa shape index (κ2) is 7.23. The number of rotatable bonds is 5. The maximum absolute atomic E-state index is 12.5. The predicted molar refractivity (Wildman–Crippen MR) is 94.6 cm³/mol. The van der Waals surface area contributed by atoms with Crippen LogP contribution in [0.1, 0.15) is 25.9 Å². The zero-order valence-corrected chi connectivity index (χ0v) is 14.3. The molecule has 1 N–H and O–H groups in total. The fourth-order valence-corrected chi connectivity index (χ4v) is 3.07. The molecule has 3 aromatic rings. The minimum absolute atomic E-state index is 0.146. The molecule has 3 rings (SSSR count). The topological polar surface area (TPSA) is 64.1 Å². The lowest BCUT2D eigenvalue weighted by atomic mass is 10.2. The standard InChI is InChI=1S/C18H17N3O2S/c1-12-6-3-4-8-15(12)21-18(22)17-13(2)20-16(24-17)11-23-14-7-5-9-19-10-14/h3-10H,11H2,1-2H3,(H,21,22). The normalized spacial score (nSPS) is 10.4. The summed E-state index contributed by atoms with van der Waals surface area (Å²) in [7, 11) is 0. The second-order valence-corrected chi connectivity index (χ2v) is 6.35. The summed E-state index contributed by atoms with van der Waals surface area (Å²) < 4.78 is 5.63. The number of benzene rings is 1. The van der Waals surface area contributed by atoms with E-state index in [1.54, 1.807) is 12.4 Å². The molecule has 0 radical (unpaired) electrons. The van der Waals surface area contributed by atoms with E-state index in [4.69, 9.17) is 4.74 Å². The van der Waals surface area contributed by atoms with Gasteiger partial charge in [-0.25, -0.2) is 4.98 Å². The van der Waals surface area contributed by atoms with Crippen LogP contribution in [-0.2, 0) is 6.61 Å². The van der Waals surface area contributed by atoms with Crippen molar-refractivity contribution in [2.24, 2.45) is 0 Å². The van der Waals surface area contributed by atoms with Crippen LogP contribution in [0.3, 0.4) is 0 Å². The molecule has 1 aromatic carbocycles. The molecule has 122 valence electrons. The van der Waals surface area contributed by atoms with Crippen molar-refractivity contribution in [3.8, 4) is 5.75 Å². The van der Waals surface area contributed by atoms with E-state index in [0.717, 1.165) is 16.3 Å². The molecule has 6 heteroatoms. The molecule has 0 saturated heterocycles. The molecule has 0 aliphatic carbocycles. The quantitative estimate of drug-likeness (QED) is 0.763. The molecule has 0 saturated carbocycles. The van der Waals surface area contributed by atoms with Crippen molar-refractivity contribution in [3.05, 3.63) is 69.9 Å². The van der Waals surface area contributed by atoms with Crippen molar-refractivity contribution >= 4 is 22.9 Å². The number of pyridine rings is 1. The van der Waals surface area contributed by atoms with Gasteiger partial charge in [0.25, 0.3) is 5.91 Å². The van der Waals surface area contributed by atoms with Gasteiger partial charge >= 0.3 is 0 Å². The molecule has 0 aliphatic heterocycles. The van der Waals surface area contributed by atoms with Gasteiger partial charge in [0.1, 0.15) is 22.2 Å². The van der Waals surface area contributed by atoms with Gasteiger partial charge in [-0.1, -0.05) is 18.2 Å². The summed E-state index contributed by atoms with van der Waals surface area (Å²) >= 11 is 1.34. The number of ether oxygens (including phenoxy) is 1. The van der Waals surface area contributed by atoms with Gasteiger partial charge in [-0.05, 0) is 37.6 Å². The Balaban J connectivity index is 1.69. The largest absolute Gasteiger partial charge is 0.485 e. The minimum Gasteiger partial charge on any atom is -0.485 e. The summed E-state index contributed by atoms with van der Waals surface area (Å²) in [5.74, 6) is 0.531. The Hall–Kier alpha value is -2.73. The Morgan fingerprint density at radius 1 is 1.21 bits per heavy atom. The summed E-state index contributed by atoms with van der Waals surface area (Å²) in [5, 5.41) is 3.69. The van der Waals surface area contributed by atoms with E-state index in [0.29, 0.717) is 22.9 Å². The molecule has 0 bridgehead atoms. The van der Waals surface area contributed by atoms with Crippen molar-refractivity contribution in [2.75, 3.05) is 5.32 Å². The van der Waals surface area contributed by atoms with E-state index >= 15 is 0 Å². The smallest absolute Gasteiger partial charge is 0.267 e. The molecule has 24 heavy (non-hydrogen) atoms. The first-order valence-electron chi connectivity index (χ1n) is 7.49. The van der Waals surface area contributed by atoms with Gasteiger partial charge in [0.15, 0.2) is 0 Å². The van der Waals surface area contributed by atoms with Gasteiger partial charge in [0.05, 0.1) is 11.9 Å². The molecule has 2 heterocycles. The van der Waals surface area contributed by atoms with Crippen LogP contribution in [0.15, 0.2) is 48.8 Å².